The molecule has 1 amide bonds. The van der Waals surface area contributed by atoms with Crippen molar-refractivity contribution in [1.82, 2.24) is 10.3 Å². The van der Waals surface area contributed by atoms with Crippen LogP contribution in [0.4, 0.5) is 0 Å². The first-order valence-electron chi connectivity index (χ1n) is 6.93. The number of halogens is 2. The Morgan fingerprint density at radius 3 is 2.55 bits per heavy atom. The highest BCUT2D eigenvalue weighted by molar-refractivity contribution is 6.41. The fourth-order valence-corrected chi connectivity index (χ4v) is 2.45. The van der Waals surface area contributed by atoms with Gasteiger partial charge in [0.2, 0.25) is 0 Å². The van der Waals surface area contributed by atoms with Gasteiger partial charge >= 0.3 is 0 Å². The topological polar surface area (TPSA) is 46.4 Å². The second kappa shape index (κ2) is 7.58. The summed E-state index contributed by atoms with van der Waals surface area (Å²) >= 11 is 11.6. The molecule has 2 N–H and O–H groups in total. The van der Waals surface area contributed by atoms with Crippen LogP contribution in [0.15, 0.2) is 42.6 Å². The van der Waals surface area contributed by atoms with Crippen LogP contribution < -0.4 is 10.2 Å². The van der Waals surface area contributed by atoms with Crippen LogP contribution in [0, 0.1) is 0 Å². The minimum absolute atomic E-state index is 0.167. The number of carbonyl (C=O) groups excluding carboxylic acids is 1. The molecule has 0 saturated heterocycles. The fourth-order valence-electron chi connectivity index (χ4n) is 2.18. The van der Waals surface area contributed by atoms with Gasteiger partial charge in [-0.05, 0) is 6.07 Å². The van der Waals surface area contributed by atoms with Crippen molar-refractivity contribution < 1.29 is 9.69 Å². The lowest BCUT2D eigenvalue weighted by molar-refractivity contribution is -0.890. The Morgan fingerprint density at radius 2 is 1.95 bits per heavy atom. The van der Waals surface area contributed by atoms with Gasteiger partial charge < -0.3 is 10.2 Å². The van der Waals surface area contributed by atoms with Crippen LogP contribution in [0.1, 0.15) is 22.0 Å². The molecule has 0 aliphatic rings. The fraction of sp³-hybridized carbons (Fsp3) is 0.250. The van der Waals surface area contributed by atoms with Crippen molar-refractivity contribution in [2.45, 2.75) is 6.04 Å². The zero-order chi connectivity index (χ0) is 16.1. The number of pyridine rings is 1. The highest BCUT2D eigenvalue weighted by Gasteiger charge is 2.19. The Labute approximate surface area is 140 Å². The molecule has 0 bridgehead atoms. The minimum atomic E-state index is -0.215. The SMILES string of the molecule is C[NH+](C)[C@H](CNC(=O)c1cnc(Cl)c(Cl)c1)c1ccccc1. The number of nitrogens with one attached hydrogen (secondary N) is 2. The second-order valence-corrected chi connectivity index (χ2v) is 6.01. The summed E-state index contributed by atoms with van der Waals surface area (Å²) in [5, 5.41) is 3.39. The lowest BCUT2D eigenvalue weighted by Crippen LogP contribution is -3.07. The average molecular weight is 339 g/mol. The van der Waals surface area contributed by atoms with E-state index in [1.165, 1.54) is 22.7 Å². The van der Waals surface area contributed by atoms with Gasteiger partial charge in [0.15, 0.2) is 0 Å². The van der Waals surface area contributed by atoms with Crippen LogP contribution in [-0.2, 0) is 0 Å². The number of aromatic nitrogens is 1. The lowest BCUT2D eigenvalue weighted by Gasteiger charge is -2.22. The third-order valence-electron chi connectivity index (χ3n) is 3.42. The summed E-state index contributed by atoms with van der Waals surface area (Å²) in [6.45, 7) is 0.519. The number of carbonyl (C=O) groups is 1. The molecule has 0 spiro atoms. The van der Waals surface area contributed by atoms with Gasteiger partial charge in [-0.3, -0.25) is 4.79 Å². The molecular formula is C16H18Cl2N3O+. The van der Waals surface area contributed by atoms with Crippen LogP contribution in [0.25, 0.3) is 0 Å². The molecule has 1 heterocycles. The summed E-state index contributed by atoms with van der Waals surface area (Å²) in [4.78, 5) is 17.3. The van der Waals surface area contributed by atoms with E-state index in [9.17, 15) is 4.79 Å². The standard InChI is InChI=1S/C16H17Cl2N3O/c1-21(2)14(11-6-4-3-5-7-11)10-20-16(22)12-8-13(17)15(18)19-9-12/h3-9,14H,10H2,1-2H3,(H,20,22)/p+1/t14-/m1/s1. The molecular weight excluding hydrogens is 321 g/mol. The van der Waals surface area contributed by atoms with E-state index in [-0.39, 0.29) is 22.1 Å². The van der Waals surface area contributed by atoms with E-state index in [0.29, 0.717) is 12.1 Å². The van der Waals surface area contributed by atoms with Gasteiger partial charge in [-0.2, -0.15) is 0 Å². The summed E-state index contributed by atoms with van der Waals surface area (Å²) in [7, 11) is 4.12. The molecule has 1 aromatic carbocycles. The number of benzene rings is 1. The van der Waals surface area contributed by atoms with Crippen molar-refractivity contribution in [3.8, 4) is 0 Å². The summed E-state index contributed by atoms with van der Waals surface area (Å²) in [6, 6.07) is 11.8. The number of nitrogens with zero attached hydrogens (tertiary/aromatic N) is 1. The van der Waals surface area contributed by atoms with Gasteiger partial charge in [0, 0.05) is 11.8 Å². The number of quaternary nitrogens is 1. The molecule has 0 unspecified atom stereocenters. The summed E-state index contributed by atoms with van der Waals surface area (Å²) in [5.74, 6) is -0.215. The molecule has 1 aromatic heterocycles. The monoisotopic (exact) mass is 338 g/mol. The first-order chi connectivity index (χ1) is 10.5. The largest absolute Gasteiger partial charge is 0.346 e. The molecule has 2 rings (SSSR count). The maximum Gasteiger partial charge on any atom is 0.253 e. The first-order valence-corrected chi connectivity index (χ1v) is 7.69. The van der Waals surface area contributed by atoms with Crippen molar-refractivity contribution in [1.29, 1.82) is 0 Å². The van der Waals surface area contributed by atoms with Crippen LogP contribution in [0.3, 0.4) is 0 Å². The van der Waals surface area contributed by atoms with Crippen molar-refractivity contribution in [3.63, 3.8) is 0 Å². The first kappa shape index (κ1) is 16.7. The maximum absolute atomic E-state index is 12.2. The summed E-state index contributed by atoms with van der Waals surface area (Å²) in [5.41, 5.74) is 1.57. The molecule has 6 heteroatoms. The third-order valence-corrected chi connectivity index (χ3v) is 4.11. The maximum atomic E-state index is 12.2. The Morgan fingerprint density at radius 1 is 1.27 bits per heavy atom. The van der Waals surface area contributed by atoms with Crippen molar-refractivity contribution >= 4 is 29.1 Å². The van der Waals surface area contributed by atoms with E-state index in [0.717, 1.165) is 0 Å². The van der Waals surface area contributed by atoms with Crippen LogP contribution in [0.5, 0.6) is 0 Å². The van der Waals surface area contributed by atoms with E-state index in [1.54, 1.807) is 0 Å². The molecule has 0 aliphatic heterocycles. The van der Waals surface area contributed by atoms with Gasteiger partial charge in [0.05, 0.1) is 31.2 Å². The van der Waals surface area contributed by atoms with E-state index < -0.39 is 0 Å². The molecule has 0 radical (unpaired) electrons. The van der Waals surface area contributed by atoms with E-state index >= 15 is 0 Å². The van der Waals surface area contributed by atoms with E-state index in [4.69, 9.17) is 23.2 Å². The van der Waals surface area contributed by atoms with Crippen LogP contribution in [-0.4, -0.2) is 31.5 Å². The summed E-state index contributed by atoms with van der Waals surface area (Å²) < 4.78 is 0. The van der Waals surface area contributed by atoms with Gasteiger partial charge in [-0.15, -0.1) is 0 Å². The molecule has 2 aromatic rings. The number of amides is 1. The molecule has 0 fully saturated rings. The van der Waals surface area contributed by atoms with Gasteiger partial charge in [-0.1, -0.05) is 53.5 Å². The molecule has 22 heavy (non-hydrogen) atoms. The number of rotatable bonds is 5. The van der Waals surface area contributed by atoms with Gasteiger partial charge in [0.25, 0.3) is 5.91 Å². The Bertz CT molecular complexity index is 647. The Hall–Kier alpha value is -1.62. The Kier molecular flexibility index (Phi) is 5.77. The highest BCUT2D eigenvalue weighted by Crippen LogP contribution is 2.19. The number of hydrogen-bond acceptors (Lipinski definition) is 2. The van der Waals surface area contributed by atoms with E-state index in [2.05, 4.69) is 36.5 Å². The van der Waals surface area contributed by atoms with Crippen molar-refractivity contribution in [3.05, 3.63) is 63.9 Å². The lowest BCUT2D eigenvalue weighted by atomic mass is 10.1. The smallest absolute Gasteiger partial charge is 0.253 e. The average Bonchev–Trinajstić information content (AvgIpc) is 2.50. The molecule has 0 aliphatic carbocycles. The molecule has 4 nitrogen and oxygen atoms in total. The molecule has 116 valence electrons. The zero-order valence-corrected chi connectivity index (χ0v) is 13.9. The normalized spacial score (nSPS) is 12.2. The van der Waals surface area contributed by atoms with Crippen molar-refractivity contribution in [2.24, 2.45) is 0 Å². The number of likely N-dealkylation sites (N-methyl/N-ethyl adjacent to an activating group) is 1. The predicted molar refractivity (Wildman–Crippen MR) is 88.6 cm³/mol. The van der Waals surface area contributed by atoms with Crippen molar-refractivity contribution in [2.75, 3.05) is 20.6 Å². The predicted octanol–water partition coefficient (Wildman–Crippen LogP) is 2.00. The second-order valence-electron chi connectivity index (χ2n) is 5.25. The van der Waals surface area contributed by atoms with E-state index in [1.807, 2.05) is 18.2 Å². The Balaban J connectivity index is 2.06. The minimum Gasteiger partial charge on any atom is -0.346 e. The zero-order valence-electron chi connectivity index (χ0n) is 12.4. The molecule has 1 atom stereocenters. The highest BCUT2D eigenvalue weighted by atomic mass is 35.5. The van der Waals surface area contributed by atoms with Gasteiger partial charge in [-0.25, -0.2) is 4.98 Å². The van der Waals surface area contributed by atoms with Crippen LogP contribution >= 0.6 is 23.2 Å². The number of hydrogen-bond donors (Lipinski definition) is 2. The van der Waals surface area contributed by atoms with Crippen LogP contribution in [0.2, 0.25) is 10.2 Å². The third kappa shape index (κ3) is 4.19. The van der Waals surface area contributed by atoms with Gasteiger partial charge in [0.1, 0.15) is 11.2 Å². The molecule has 0 saturated carbocycles. The quantitative estimate of drug-likeness (QED) is 0.819. The summed E-state index contributed by atoms with van der Waals surface area (Å²) in [6.07, 6.45) is 1.42.